The Hall–Kier alpha value is -2.03. The number of amides is 1. The van der Waals surface area contributed by atoms with Gasteiger partial charge in [-0.15, -0.1) is 0 Å². The monoisotopic (exact) mass is 339 g/mol. The highest BCUT2D eigenvalue weighted by atomic mass is 16.6. The molecule has 0 bridgehead atoms. The molecule has 0 saturated heterocycles. The van der Waals surface area contributed by atoms with Crippen molar-refractivity contribution in [3.8, 4) is 0 Å². The Balaban J connectivity index is 1.72. The van der Waals surface area contributed by atoms with Crippen molar-refractivity contribution in [3.05, 3.63) is 53.1 Å². The minimum absolute atomic E-state index is 0.129. The number of hydrogen-bond acceptors (Lipinski definition) is 2. The van der Waals surface area contributed by atoms with Gasteiger partial charge in [-0.05, 0) is 75.1 Å². The topological polar surface area (TPSA) is 29.5 Å². The molecule has 0 heterocycles. The molecule has 2 unspecified atom stereocenters. The van der Waals surface area contributed by atoms with Crippen molar-refractivity contribution in [2.75, 3.05) is 0 Å². The molecule has 1 amide bonds. The van der Waals surface area contributed by atoms with E-state index in [1.165, 1.54) is 23.1 Å². The molecule has 134 valence electrons. The molecular formula is C22H29NO2. The lowest BCUT2D eigenvalue weighted by atomic mass is 9.93. The number of carbonyl (C=O) groups excluding carboxylic acids is 1. The summed E-state index contributed by atoms with van der Waals surface area (Å²) in [6.07, 6.45) is 8.01. The summed E-state index contributed by atoms with van der Waals surface area (Å²) in [6, 6.07) is 6.53. The van der Waals surface area contributed by atoms with E-state index in [0.29, 0.717) is 6.61 Å². The average Bonchev–Trinajstić information content (AvgIpc) is 3.31. The standard InChI is InChI=1S/C22H29NO2/c1-14(2)23(15(3)4)22(24)25-13-19-7-6-8-21(16(19)5)18-10-9-17-11-20(17)12-18/h6-10,12,14-15,17,20H,11,13H2,1-5H3. The lowest BCUT2D eigenvalue weighted by Crippen LogP contribution is -2.42. The van der Waals surface area contributed by atoms with Crippen LogP contribution in [0.5, 0.6) is 0 Å². The third-order valence-electron chi connectivity index (χ3n) is 5.24. The summed E-state index contributed by atoms with van der Waals surface area (Å²) in [5, 5.41) is 0. The first-order chi connectivity index (χ1) is 11.9. The summed E-state index contributed by atoms with van der Waals surface area (Å²) < 4.78 is 5.61. The van der Waals surface area contributed by atoms with E-state index in [-0.39, 0.29) is 18.2 Å². The van der Waals surface area contributed by atoms with Gasteiger partial charge in [0.15, 0.2) is 0 Å². The van der Waals surface area contributed by atoms with Crippen LogP contribution in [0.4, 0.5) is 4.79 Å². The third-order valence-corrected chi connectivity index (χ3v) is 5.24. The maximum Gasteiger partial charge on any atom is 0.410 e. The Labute approximate surface area is 151 Å². The molecule has 1 fully saturated rings. The summed E-state index contributed by atoms with van der Waals surface area (Å²) in [4.78, 5) is 14.2. The van der Waals surface area contributed by atoms with E-state index in [9.17, 15) is 4.79 Å². The van der Waals surface area contributed by atoms with Crippen LogP contribution in [0.2, 0.25) is 0 Å². The van der Waals surface area contributed by atoms with Gasteiger partial charge in [-0.3, -0.25) is 0 Å². The van der Waals surface area contributed by atoms with Crippen molar-refractivity contribution in [2.24, 2.45) is 11.8 Å². The second-order valence-corrected chi connectivity index (χ2v) is 7.78. The van der Waals surface area contributed by atoms with Crippen LogP contribution in [0.15, 0.2) is 36.4 Å². The molecule has 2 aliphatic carbocycles. The van der Waals surface area contributed by atoms with Crippen molar-refractivity contribution in [2.45, 2.75) is 59.7 Å². The number of benzene rings is 1. The van der Waals surface area contributed by atoms with Gasteiger partial charge >= 0.3 is 6.09 Å². The second kappa shape index (κ2) is 7.07. The largest absolute Gasteiger partial charge is 0.445 e. The zero-order valence-corrected chi connectivity index (χ0v) is 16.0. The van der Waals surface area contributed by atoms with Crippen LogP contribution >= 0.6 is 0 Å². The summed E-state index contributed by atoms with van der Waals surface area (Å²) in [7, 11) is 0. The first-order valence-corrected chi connectivity index (χ1v) is 9.32. The van der Waals surface area contributed by atoms with Gasteiger partial charge in [0.05, 0.1) is 0 Å². The molecule has 3 heteroatoms. The Bertz CT molecular complexity index is 707. The normalized spacial score (nSPS) is 21.2. The highest BCUT2D eigenvalue weighted by Gasteiger charge is 2.35. The maximum atomic E-state index is 12.4. The van der Waals surface area contributed by atoms with Crippen LogP contribution in [-0.4, -0.2) is 23.1 Å². The van der Waals surface area contributed by atoms with Crippen molar-refractivity contribution in [1.82, 2.24) is 4.90 Å². The molecule has 2 atom stereocenters. The number of allylic oxidation sites excluding steroid dienone is 4. The van der Waals surface area contributed by atoms with E-state index in [2.05, 4.69) is 37.3 Å². The van der Waals surface area contributed by atoms with E-state index in [4.69, 9.17) is 4.74 Å². The van der Waals surface area contributed by atoms with E-state index >= 15 is 0 Å². The number of ether oxygens (including phenoxy) is 1. The zero-order chi connectivity index (χ0) is 18.1. The summed E-state index contributed by atoms with van der Waals surface area (Å²) in [5.41, 5.74) is 4.83. The molecule has 0 aliphatic heterocycles. The van der Waals surface area contributed by atoms with Crippen LogP contribution in [0.3, 0.4) is 0 Å². The van der Waals surface area contributed by atoms with Gasteiger partial charge in [-0.2, -0.15) is 0 Å². The van der Waals surface area contributed by atoms with Crippen LogP contribution in [0, 0.1) is 18.8 Å². The van der Waals surface area contributed by atoms with Gasteiger partial charge in [0.1, 0.15) is 6.61 Å². The predicted molar refractivity (Wildman–Crippen MR) is 102 cm³/mol. The number of fused-ring (bicyclic) bond motifs is 1. The Morgan fingerprint density at radius 3 is 2.56 bits per heavy atom. The van der Waals surface area contributed by atoms with Gasteiger partial charge in [-0.1, -0.05) is 36.4 Å². The predicted octanol–water partition coefficient (Wildman–Crippen LogP) is 5.34. The molecule has 0 aromatic heterocycles. The summed E-state index contributed by atoms with van der Waals surface area (Å²) in [5.74, 6) is 1.50. The minimum Gasteiger partial charge on any atom is -0.445 e. The summed E-state index contributed by atoms with van der Waals surface area (Å²) in [6.45, 7) is 10.5. The zero-order valence-electron chi connectivity index (χ0n) is 16.0. The van der Waals surface area contributed by atoms with Crippen LogP contribution in [0.1, 0.15) is 50.8 Å². The molecule has 0 spiro atoms. The van der Waals surface area contributed by atoms with Crippen LogP contribution in [-0.2, 0) is 11.3 Å². The molecular weight excluding hydrogens is 310 g/mol. The Kier molecular flexibility index (Phi) is 5.03. The number of nitrogens with zero attached hydrogens (tertiary/aromatic N) is 1. The fraction of sp³-hybridized carbons (Fsp3) is 0.500. The second-order valence-electron chi connectivity index (χ2n) is 7.78. The smallest absolute Gasteiger partial charge is 0.410 e. The van der Waals surface area contributed by atoms with Crippen LogP contribution < -0.4 is 0 Å². The molecule has 25 heavy (non-hydrogen) atoms. The minimum atomic E-state index is -0.243. The molecule has 1 aromatic carbocycles. The van der Waals surface area contributed by atoms with Gasteiger partial charge in [-0.25, -0.2) is 4.79 Å². The highest BCUT2D eigenvalue weighted by Crippen LogP contribution is 2.46. The van der Waals surface area contributed by atoms with E-state index in [1.54, 1.807) is 4.90 Å². The first kappa shape index (κ1) is 17.8. The Morgan fingerprint density at radius 2 is 1.92 bits per heavy atom. The molecule has 0 N–H and O–H groups in total. The Morgan fingerprint density at radius 1 is 1.20 bits per heavy atom. The quantitative estimate of drug-likeness (QED) is 0.724. The van der Waals surface area contributed by atoms with Crippen molar-refractivity contribution < 1.29 is 9.53 Å². The number of carbonyl (C=O) groups is 1. The molecule has 2 aliphatic rings. The maximum absolute atomic E-state index is 12.4. The molecule has 1 aromatic rings. The van der Waals surface area contributed by atoms with Gasteiger partial charge in [0, 0.05) is 12.1 Å². The van der Waals surface area contributed by atoms with Crippen molar-refractivity contribution in [3.63, 3.8) is 0 Å². The summed E-state index contributed by atoms with van der Waals surface area (Å²) >= 11 is 0. The van der Waals surface area contributed by atoms with E-state index in [1.807, 2.05) is 33.8 Å². The van der Waals surface area contributed by atoms with Gasteiger partial charge in [0.2, 0.25) is 0 Å². The van der Waals surface area contributed by atoms with Gasteiger partial charge in [0.25, 0.3) is 0 Å². The van der Waals surface area contributed by atoms with Crippen LogP contribution in [0.25, 0.3) is 5.57 Å². The number of rotatable bonds is 5. The van der Waals surface area contributed by atoms with E-state index in [0.717, 1.165) is 17.4 Å². The van der Waals surface area contributed by atoms with E-state index < -0.39 is 0 Å². The SMILES string of the molecule is Cc1c(COC(=O)N(C(C)C)C(C)C)cccc1C1=CC2CC2C=C1. The fourth-order valence-corrected chi connectivity index (χ4v) is 3.73. The molecule has 0 radical (unpaired) electrons. The lowest BCUT2D eigenvalue weighted by Gasteiger charge is -2.29. The number of hydrogen-bond donors (Lipinski definition) is 0. The van der Waals surface area contributed by atoms with Crippen molar-refractivity contribution in [1.29, 1.82) is 0 Å². The first-order valence-electron chi connectivity index (χ1n) is 9.32. The lowest BCUT2D eigenvalue weighted by molar-refractivity contribution is 0.0737. The third kappa shape index (κ3) is 3.81. The molecule has 3 nitrogen and oxygen atoms in total. The van der Waals surface area contributed by atoms with Crippen molar-refractivity contribution >= 4 is 11.7 Å². The fourth-order valence-electron chi connectivity index (χ4n) is 3.73. The highest BCUT2D eigenvalue weighted by molar-refractivity contribution is 5.78. The molecule has 3 rings (SSSR count). The molecule has 1 saturated carbocycles. The average molecular weight is 339 g/mol. The van der Waals surface area contributed by atoms with Gasteiger partial charge < -0.3 is 9.64 Å².